The van der Waals surface area contributed by atoms with Crippen LogP contribution in [0.4, 0.5) is 14.5 Å². The van der Waals surface area contributed by atoms with Crippen molar-refractivity contribution in [1.29, 1.82) is 0 Å². The number of nitrogens with zero attached hydrogens (tertiary/aromatic N) is 1. The first-order valence-corrected chi connectivity index (χ1v) is 10.3. The molecule has 0 unspecified atom stereocenters. The van der Waals surface area contributed by atoms with Crippen molar-refractivity contribution in [1.82, 2.24) is 10.2 Å². The molecule has 1 aliphatic carbocycles. The topological polar surface area (TPSA) is 61.4 Å². The number of carbonyl (C=O) groups excluding carboxylic acids is 2. The highest BCUT2D eigenvalue weighted by molar-refractivity contribution is 5.98. The summed E-state index contributed by atoms with van der Waals surface area (Å²) in [6.07, 6.45) is 3.31. The number of amides is 2. The molecular weight excluding hydrogens is 388 g/mol. The van der Waals surface area contributed by atoms with Crippen molar-refractivity contribution in [2.24, 2.45) is 0 Å². The fourth-order valence-corrected chi connectivity index (χ4v) is 3.97. The Morgan fingerprint density at radius 1 is 1.07 bits per heavy atom. The van der Waals surface area contributed by atoms with Gasteiger partial charge in [0.1, 0.15) is 11.6 Å². The normalized spacial score (nSPS) is 17.6. The van der Waals surface area contributed by atoms with Crippen molar-refractivity contribution in [2.75, 3.05) is 25.0 Å². The lowest BCUT2D eigenvalue weighted by Gasteiger charge is -2.20. The van der Waals surface area contributed by atoms with Crippen LogP contribution in [-0.4, -0.2) is 36.3 Å². The maximum Gasteiger partial charge on any atom is 0.252 e. The Morgan fingerprint density at radius 3 is 2.50 bits per heavy atom. The van der Waals surface area contributed by atoms with Crippen LogP contribution in [-0.2, 0) is 10.3 Å². The molecule has 2 aromatic carbocycles. The summed E-state index contributed by atoms with van der Waals surface area (Å²) in [7, 11) is 0. The number of nitrogens with one attached hydrogen (secondary N) is 2. The van der Waals surface area contributed by atoms with Gasteiger partial charge in [-0.1, -0.05) is 6.07 Å². The van der Waals surface area contributed by atoms with Gasteiger partial charge in [0.25, 0.3) is 5.91 Å². The van der Waals surface area contributed by atoms with Crippen LogP contribution in [0.1, 0.15) is 47.2 Å². The Hall–Kier alpha value is -2.80. The lowest BCUT2D eigenvalue weighted by Crippen LogP contribution is -2.35. The highest BCUT2D eigenvalue weighted by atomic mass is 19.1. The smallest absolute Gasteiger partial charge is 0.252 e. The number of carbonyl (C=O) groups is 2. The van der Waals surface area contributed by atoms with Gasteiger partial charge in [0.05, 0.1) is 12.1 Å². The van der Waals surface area contributed by atoms with Crippen molar-refractivity contribution >= 4 is 17.5 Å². The maximum atomic E-state index is 14.2. The fourth-order valence-electron chi connectivity index (χ4n) is 3.97. The van der Waals surface area contributed by atoms with Gasteiger partial charge >= 0.3 is 0 Å². The van der Waals surface area contributed by atoms with E-state index in [0.717, 1.165) is 49.7 Å². The Morgan fingerprint density at radius 2 is 1.80 bits per heavy atom. The van der Waals surface area contributed by atoms with E-state index in [1.165, 1.54) is 0 Å². The van der Waals surface area contributed by atoms with E-state index in [-0.39, 0.29) is 17.4 Å². The lowest BCUT2D eigenvalue weighted by atomic mass is 10.0. The molecule has 0 spiro atoms. The van der Waals surface area contributed by atoms with Crippen LogP contribution in [0, 0.1) is 18.6 Å². The summed E-state index contributed by atoms with van der Waals surface area (Å²) in [6, 6.07) is 8.35. The Kier molecular flexibility index (Phi) is 5.56. The molecule has 2 N–H and O–H groups in total. The van der Waals surface area contributed by atoms with Gasteiger partial charge in [-0.2, -0.15) is 0 Å². The summed E-state index contributed by atoms with van der Waals surface area (Å²) in [5.41, 5.74) is 1.07. The molecular formula is C23H25F2N3O2. The molecule has 1 heterocycles. The van der Waals surface area contributed by atoms with E-state index in [1.807, 2.05) is 6.92 Å². The van der Waals surface area contributed by atoms with Gasteiger partial charge in [-0.3, -0.25) is 14.5 Å². The van der Waals surface area contributed by atoms with Crippen LogP contribution in [0.25, 0.3) is 0 Å². The SMILES string of the molecule is Cc1ccc(C(=O)NC2(c3cc(F)ccc3F)CC2)cc1NC(=O)CN1CCCC1. The molecule has 2 aromatic rings. The minimum Gasteiger partial charge on any atom is -0.342 e. The minimum atomic E-state index is -0.882. The van der Waals surface area contributed by atoms with Gasteiger partial charge in [-0.25, -0.2) is 8.78 Å². The molecule has 1 saturated carbocycles. The third-order valence-electron chi connectivity index (χ3n) is 5.89. The highest BCUT2D eigenvalue weighted by Crippen LogP contribution is 2.46. The van der Waals surface area contributed by atoms with Gasteiger partial charge in [-0.15, -0.1) is 0 Å². The molecule has 2 amide bonds. The molecule has 1 aliphatic heterocycles. The standard InChI is InChI=1S/C23H25F2N3O2/c1-15-4-5-16(12-20(15)26-21(29)14-28-10-2-3-11-28)22(30)27-23(8-9-23)18-13-17(24)6-7-19(18)25/h4-7,12-13H,2-3,8-11,14H2,1H3,(H,26,29)(H,27,30). The van der Waals surface area contributed by atoms with E-state index in [9.17, 15) is 18.4 Å². The number of anilines is 1. The van der Waals surface area contributed by atoms with Crippen LogP contribution < -0.4 is 10.6 Å². The summed E-state index contributed by atoms with van der Waals surface area (Å²) < 4.78 is 27.8. The molecule has 0 atom stereocenters. The Bertz CT molecular complexity index is 982. The summed E-state index contributed by atoms with van der Waals surface area (Å²) in [4.78, 5) is 27.3. The third kappa shape index (κ3) is 4.36. The minimum absolute atomic E-state index is 0.113. The van der Waals surface area contributed by atoms with Crippen molar-refractivity contribution < 1.29 is 18.4 Å². The first-order valence-electron chi connectivity index (χ1n) is 10.3. The average Bonchev–Trinajstić information content (AvgIpc) is 3.30. The molecule has 1 saturated heterocycles. The molecule has 0 aromatic heterocycles. The lowest BCUT2D eigenvalue weighted by molar-refractivity contribution is -0.117. The van der Waals surface area contributed by atoms with E-state index in [4.69, 9.17) is 0 Å². The van der Waals surface area contributed by atoms with Gasteiger partial charge in [0.15, 0.2) is 0 Å². The molecule has 2 aliphatic rings. The molecule has 4 rings (SSSR count). The van der Waals surface area contributed by atoms with Crippen molar-refractivity contribution in [3.8, 4) is 0 Å². The van der Waals surface area contributed by atoms with Crippen LogP contribution in [0.3, 0.4) is 0 Å². The Balaban J connectivity index is 1.47. The molecule has 0 radical (unpaired) electrons. The summed E-state index contributed by atoms with van der Waals surface area (Å²) in [6.45, 7) is 4.04. The highest BCUT2D eigenvalue weighted by Gasteiger charge is 2.47. The first-order chi connectivity index (χ1) is 14.4. The van der Waals surface area contributed by atoms with E-state index < -0.39 is 17.2 Å². The van der Waals surface area contributed by atoms with Crippen LogP contribution >= 0.6 is 0 Å². The summed E-state index contributed by atoms with van der Waals surface area (Å²) in [5.74, 6) is -1.57. The van der Waals surface area contributed by atoms with Crippen LogP contribution in [0.2, 0.25) is 0 Å². The van der Waals surface area contributed by atoms with Crippen molar-refractivity contribution in [3.05, 3.63) is 64.7 Å². The largest absolute Gasteiger partial charge is 0.342 e. The quantitative estimate of drug-likeness (QED) is 0.759. The first kappa shape index (κ1) is 20.5. The van der Waals surface area contributed by atoms with Gasteiger partial charge < -0.3 is 10.6 Å². The number of halogens is 2. The number of likely N-dealkylation sites (tertiary alicyclic amines) is 1. The van der Waals surface area contributed by atoms with Gasteiger partial charge in [-0.05, 0) is 81.6 Å². The Labute approximate surface area is 174 Å². The molecule has 2 fully saturated rings. The number of rotatable bonds is 6. The molecule has 7 heteroatoms. The second-order valence-corrected chi connectivity index (χ2v) is 8.22. The van der Waals surface area contributed by atoms with Crippen LogP contribution in [0.15, 0.2) is 36.4 Å². The summed E-state index contributed by atoms with van der Waals surface area (Å²) >= 11 is 0. The molecule has 0 bridgehead atoms. The third-order valence-corrected chi connectivity index (χ3v) is 5.89. The zero-order valence-corrected chi connectivity index (χ0v) is 16.9. The summed E-state index contributed by atoms with van der Waals surface area (Å²) in [5, 5.41) is 5.75. The number of hydrogen-bond donors (Lipinski definition) is 2. The van der Waals surface area contributed by atoms with E-state index in [2.05, 4.69) is 15.5 Å². The maximum absolute atomic E-state index is 14.2. The predicted octanol–water partition coefficient (Wildman–Crippen LogP) is 3.73. The predicted molar refractivity (Wildman–Crippen MR) is 110 cm³/mol. The number of aryl methyl sites for hydroxylation is 1. The van der Waals surface area contributed by atoms with E-state index in [0.29, 0.717) is 30.6 Å². The second kappa shape index (κ2) is 8.14. The molecule has 30 heavy (non-hydrogen) atoms. The molecule has 5 nitrogen and oxygen atoms in total. The average molecular weight is 413 g/mol. The van der Waals surface area contributed by atoms with E-state index in [1.54, 1.807) is 18.2 Å². The monoisotopic (exact) mass is 413 g/mol. The zero-order valence-electron chi connectivity index (χ0n) is 16.9. The van der Waals surface area contributed by atoms with Gasteiger partial charge in [0.2, 0.25) is 5.91 Å². The zero-order chi connectivity index (χ0) is 21.3. The number of benzene rings is 2. The van der Waals surface area contributed by atoms with E-state index >= 15 is 0 Å². The fraction of sp³-hybridized carbons (Fsp3) is 0.391. The van der Waals surface area contributed by atoms with Crippen molar-refractivity contribution in [2.45, 2.75) is 38.1 Å². The molecule has 158 valence electrons. The van der Waals surface area contributed by atoms with Gasteiger partial charge in [0, 0.05) is 16.8 Å². The van der Waals surface area contributed by atoms with Crippen molar-refractivity contribution in [3.63, 3.8) is 0 Å². The number of hydrogen-bond acceptors (Lipinski definition) is 3. The van der Waals surface area contributed by atoms with Crippen LogP contribution in [0.5, 0.6) is 0 Å². The second-order valence-electron chi connectivity index (χ2n) is 8.22.